The normalized spacial score (nSPS) is 15.5. The van der Waals surface area contributed by atoms with Gasteiger partial charge >= 0.3 is 0 Å². The third-order valence-electron chi connectivity index (χ3n) is 5.24. The van der Waals surface area contributed by atoms with Crippen LogP contribution in [0, 0.1) is 0 Å². The molecule has 0 saturated carbocycles. The Morgan fingerprint density at radius 1 is 1.03 bits per heavy atom. The van der Waals surface area contributed by atoms with E-state index in [2.05, 4.69) is 33.4 Å². The highest BCUT2D eigenvalue weighted by Gasteiger charge is 2.32. The first-order valence-corrected chi connectivity index (χ1v) is 11.6. The second-order valence-electron chi connectivity index (χ2n) is 7.40. The van der Waals surface area contributed by atoms with Gasteiger partial charge in [-0.2, -0.15) is 0 Å². The molecule has 1 aliphatic heterocycles. The summed E-state index contributed by atoms with van der Waals surface area (Å²) in [5.41, 5.74) is 4.78. The number of carbonyl (C=O) groups is 1. The highest BCUT2D eigenvalue weighted by molar-refractivity contribution is 9.10. The lowest BCUT2D eigenvalue weighted by Gasteiger charge is -2.33. The molecule has 0 bridgehead atoms. The maximum Gasteiger partial charge on any atom is 0.268 e. The van der Waals surface area contributed by atoms with Gasteiger partial charge in [0.1, 0.15) is 10.8 Å². The number of benzene rings is 3. The number of fused-ring (bicyclic) bond motifs is 1. The van der Waals surface area contributed by atoms with Crippen LogP contribution in [-0.2, 0) is 11.3 Å². The van der Waals surface area contributed by atoms with Gasteiger partial charge in [0.25, 0.3) is 5.91 Å². The van der Waals surface area contributed by atoms with Crippen LogP contribution in [0.15, 0.2) is 82.6 Å². The maximum atomic E-state index is 13.0. The number of rotatable bonds is 4. The van der Waals surface area contributed by atoms with E-state index >= 15 is 0 Å². The molecule has 0 spiro atoms. The van der Waals surface area contributed by atoms with Crippen LogP contribution in [0.3, 0.4) is 0 Å². The van der Waals surface area contributed by atoms with Crippen molar-refractivity contribution in [3.8, 4) is 27.6 Å². The second-order valence-corrected chi connectivity index (χ2v) is 9.17. The van der Waals surface area contributed by atoms with Crippen molar-refractivity contribution in [2.45, 2.75) is 19.6 Å². The molecular weight excluding hydrogens is 472 g/mol. The molecular formula is C25H19BrN2O2S. The monoisotopic (exact) mass is 490 g/mol. The van der Waals surface area contributed by atoms with E-state index in [-0.39, 0.29) is 5.91 Å². The Balaban J connectivity index is 1.51. The molecule has 0 radical (unpaired) electrons. The lowest BCUT2D eigenvalue weighted by molar-refractivity contribution is -0.125. The van der Waals surface area contributed by atoms with Gasteiger partial charge in [-0.1, -0.05) is 58.4 Å². The van der Waals surface area contributed by atoms with Crippen molar-refractivity contribution in [1.82, 2.24) is 4.98 Å². The van der Waals surface area contributed by atoms with Crippen molar-refractivity contribution in [1.29, 1.82) is 0 Å². The third-order valence-corrected chi connectivity index (χ3v) is 6.66. The van der Waals surface area contributed by atoms with Gasteiger partial charge in [0.2, 0.25) is 0 Å². The van der Waals surface area contributed by atoms with Crippen molar-refractivity contribution in [2.75, 3.05) is 4.90 Å². The van der Waals surface area contributed by atoms with Crippen LogP contribution in [-0.4, -0.2) is 17.0 Å². The van der Waals surface area contributed by atoms with E-state index in [1.165, 1.54) is 0 Å². The van der Waals surface area contributed by atoms with Crippen molar-refractivity contribution in [3.63, 3.8) is 0 Å². The summed E-state index contributed by atoms with van der Waals surface area (Å²) in [7, 11) is 0. The lowest BCUT2D eigenvalue weighted by Crippen LogP contribution is -2.44. The molecule has 1 amide bonds. The van der Waals surface area contributed by atoms with Gasteiger partial charge in [0.15, 0.2) is 6.10 Å². The van der Waals surface area contributed by atoms with E-state index in [1.54, 1.807) is 23.2 Å². The molecule has 2 heterocycles. The molecule has 6 heteroatoms. The summed E-state index contributed by atoms with van der Waals surface area (Å²) < 4.78 is 6.89. The molecule has 0 saturated heterocycles. The standard InChI is InChI=1S/C25H19BrN2O2S/c1-16-25(29)28(14-17-7-10-20(26)11-8-17)22-13-19(9-12-23(22)30-16)21-15-31-24(27-21)18-5-3-2-4-6-18/h2-13,15-16H,14H2,1H3. The van der Waals surface area contributed by atoms with Gasteiger partial charge < -0.3 is 9.64 Å². The molecule has 1 atom stereocenters. The fourth-order valence-electron chi connectivity index (χ4n) is 3.62. The molecule has 0 aliphatic carbocycles. The van der Waals surface area contributed by atoms with Crippen molar-refractivity contribution >= 4 is 38.9 Å². The zero-order chi connectivity index (χ0) is 21.4. The topological polar surface area (TPSA) is 42.4 Å². The number of hydrogen-bond acceptors (Lipinski definition) is 4. The molecule has 4 nitrogen and oxygen atoms in total. The number of carbonyl (C=O) groups excluding carboxylic acids is 1. The summed E-state index contributed by atoms with van der Waals surface area (Å²) in [5, 5.41) is 3.03. The molecule has 0 N–H and O–H groups in total. The summed E-state index contributed by atoms with van der Waals surface area (Å²) in [5.74, 6) is 0.669. The second kappa shape index (κ2) is 8.29. The van der Waals surface area contributed by atoms with Crippen molar-refractivity contribution in [3.05, 3.63) is 88.2 Å². The van der Waals surface area contributed by atoms with E-state index in [1.807, 2.05) is 60.7 Å². The SMILES string of the molecule is CC1Oc2ccc(-c3csc(-c4ccccc4)n3)cc2N(Cc2ccc(Br)cc2)C1=O. The number of ether oxygens (including phenoxy) is 1. The minimum absolute atomic E-state index is 0.0455. The summed E-state index contributed by atoms with van der Waals surface area (Å²) in [6.45, 7) is 2.28. The largest absolute Gasteiger partial charge is 0.479 e. The van der Waals surface area contributed by atoms with Gasteiger partial charge in [0, 0.05) is 21.0 Å². The van der Waals surface area contributed by atoms with Gasteiger partial charge in [-0.15, -0.1) is 11.3 Å². The number of nitrogens with zero attached hydrogens (tertiary/aromatic N) is 2. The first-order valence-electron chi connectivity index (χ1n) is 9.96. The molecule has 154 valence electrons. The highest BCUT2D eigenvalue weighted by atomic mass is 79.9. The first kappa shape index (κ1) is 20.0. The zero-order valence-corrected chi connectivity index (χ0v) is 19.2. The van der Waals surface area contributed by atoms with Crippen LogP contribution in [0.4, 0.5) is 5.69 Å². The molecule has 1 aliphatic rings. The predicted octanol–water partition coefficient (Wildman–Crippen LogP) is 6.55. The Kier molecular flexibility index (Phi) is 5.34. The van der Waals surface area contributed by atoms with E-state index < -0.39 is 6.10 Å². The van der Waals surface area contributed by atoms with E-state index in [0.29, 0.717) is 12.3 Å². The summed E-state index contributed by atoms with van der Waals surface area (Å²) in [4.78, 5) is 19.6. The Hall–Kier alpha value is -2.96. The number of thiazole rings is 1. The number of aromatic nitrogens is 1. The number of amides is 1. The Morgan fingerprint density at radius 2 is 1.81 bits per heavy atom. The fraction of sp³-hybridized carbons (Fsp3) is 0.120. The lowest BCUT2D eigenvalue weighted by atomic mass is 10.1. The quantitative estimate of drug-likeness (QED) is 0.325. The fourth-order valence-corrected chi connectivity index (χ4v) is 4.72. The van der Waals surface area contributed by atoms with Gasteiger partial charge in [-0.3, -0.25) is 4.79 Å². The van der Waals surface area contributed by atoms with Crippen LogP contribution in [0.1, 0.15) is 12.5 Å². The Bertz CT molecular complexity index is 1240. The van der Waals surface area contributed by atoms with Crippen LogP contribution >= 0.6 is 27.3 Å². The predicted molar refractivity (Wildman–Crippen MR) is 128 cm³/mol. The minimum atomic E-state index is -0.516. The van der Waals surface area contributed by atoms with Crippen molar-refractivity contribution < 1.29 is 9.53 Å². The minimum Gasteiger partial charge on any atom is -0.479 e. The average molecular weight is 491 g/mol. The van der Waals surface area contributed by atoms with Gasteiger partial charge in [-0.25, -0.2) is 4.98 Å². The van der Waals surface area contributed by atoms with E-state index in [4.69, 9.17) is 9.72 Å². The maximum absolute atomic E-state index is 13.0. The van der Waals surface area contributed by atoms with Crippen LogP contribution in [0.2, 0.25) is 0 Å². The van der Waals surface area contributed by atoms with Crippen molar-refractivity contribution in [2.24, 2.45) is 0 Å². The molecule has 31 heavy (non-hydrogen) atoms. The summed E-state index contributed by atoms with van der Waals surface area (Å²) >= 11 is 5.08. The van der Waals surface area contributed by atoms with Crippen LogP contribution in [0.5, 0.6) is 5.75 Å². The molecule has 0 fully saturated rings. The van der Waals surface area contributed by atoms with E-state index in [0.717, 1.165) is 37.6 Å². The van der Waals surface area contributed by atoms with Gasteiger partial charge in [-0.05, 0) is 42.8 Å². The third kappa shape index (κ3) is 4.01. The molecule has 1 unspecified atom stereocenters. The average Bonchev–Trinajstić information content (AvgIpc) is 3.29. The van der Waals surface area contributed by atoms with Crippen LogP contribution < -0.4 is 9.64 Å². The van der Waals surface area contributed by atoms with Crippen LogP contribution in [0.25, 0.3) is 21.8 Å². The number of hydrogen-bond donors (Lipinski definition) is 0. The summed E-state index contributed by atoms with van der Waals surface area (Å²) in [6, 6.07) is 24.1. The number of anilines is 1. The van der Waals surface area contributed by atoms with E-state index in [9.17, 15) is 4.79 Å². The Morgan fingerprint density at radius 3 is 2.58 bits per heavy atom. The molecule has 5 rings (SSSR count). The van der Waals surface area contributed by atoms with Gasteiger partial charge in [0.05, 0.1) is 17.9 Å². The molecule has 1 aromatic heterocycles. The summed E-state index contributed by atoms with van der Waals surface area (Å²) in [6.07, 6.45) is -0.516. The highest BCUT2D eigenvalue weighted by Crippen LogP contribution is 2.39. The molecule has 4 aromatic rings. The first-order chi connectivity index (χ1) is 15.1. The zero-order valence-electron chi connectivity index (χ0n) is 16.8. The smallest absolute Gasteiger partial charge is 0.268 e. The molecule has 3 aromatic carbocycles. The Labute approximate surface area is 193 Å². The number of halogens is 1.